The van der Waals surface area contributed by atoms with E-state index in [1.165, 1.54) is 6.33 Å². The minimum atomic E-state index is 0.480. The molecule has 0 unspecified atom stereocenters. The van der Waals surface area contributed by atoms with Gasteiger partial charge in [-0.1, -0.05) is 23.7 Å². The zero-order valence-electron chi connectivity index (χ0n) is 7.70. The van der Waals surface area contributed by atoms with Crippen LogP contribution in [0.2, 0.25) is 5.15 Å². The summed E-state index contributed by atoms with van der Waals surface area (Å²) in [6, 6.07) is 5.79. The number of hydrogen-bond acceptors (Lipinski definition) is 3. The highest BCUT2D eigenvalue weighted by Gasteiger charge is 2.04. The molecule has 0 spiro atoms. The molecule has 2 rings (SSSR count). The van der Waals surface area contributed by atoms with Crippen LogP contribution in [0.15, 0.2) is 24.5 Å². The van der Waals surface area contributed by atoms with Crippen LogP contribution in [0.3, 0.4) is 0 Å². The van der Waals surface area contributed by atoms with Crippen molar-refractivity contribution in [1.82, 2.24) is 9.97 Å². The summed E-state index contributed by atoms with van der Waals surface area (Å²) in [5.41, 5.74) is 1.88. The van der Waals surface area contributed by atoms with Crippen molar-refractivity contribution in [2.45, 2.75) is 6.61 Å². The van der Waals surface area contributed by atoms with Crippen LogP contribution in [0.4, 0.5) is 0 Å². The zero-order chi connectivity index (χ0) is 9.97. The Balaban J connectivity index is 2.68. The van der Waals surface area contributed by atoms with Crippen LogP contribution in [0.1, 0.15) is 5.56 Å². The van der Waals surface area contributed by atoms with E-state index < -0.39 is 0 Å². The Kier molecular flexibility index (Phi) is 2.61. The molecular weight excluding hydrogens is 200 g/mol. The van der Waals surface area contributed by atoms with Crippen molar-refractivity contribution in [2.75, 3.05) is 7.11 Å². The molecule has 0 N–H and O–H groups in total. The molecule has 3 nitrogen and oxygen atoms in total. The van der Waals surface area contributed by atoms with Crippen molar-refractivity contribution in [3.63, 3.8) is 0 Å². The van der Waals surface area contributed by atoms with Crippen molar-refractivity contribution < 1.29 is 4.74 Å². The maximum atomic E-state index is 5.94. The molecule has 1 aromatic carbocycles. The van der Waals surface area contributed by atoms with Crippen molar-refractivity contribution in [3.05, 3.63) is 35.2 Å². The van der Waals surface area contributed by atoms with Gasteiger partial charge in [-0.25, -0.2) is 9.97 Å². The number of rotatable bonds is 2. The smallest absolute Gasteiger partial charge is 0.140 e. The maximum absolute atomic E-state index is 5.94. The molecule has 0 bridgehead atoms. The Labute approximate surface area is 86.7 Å². The molecule has 4 heteroatoms. The molecule has 0 aliphatic rings. The van der Waals surface area contributed by atoms with Gasteiger partial charge in [0, 0.05) is 18.1 Å². The molecule has 0 saturated carbocycles. The monoisotopic (exact) mass is 208 g/mol. The second kappa shape index (κ2) is 3.90. The molecule has 2 aromatic rings. The van der Waals surface area contributed by atoms with Gasteiger partial charge >= 0.3 is 0 Å². The minimum absolute atomic E-state index is 0.480. The average Bonchev–Trinajstić information content (AvgIpc) is 2.20. The number of methoxy groups -OCH3 is 1. The lowest BCUT2D eigenvalue weighted by molar-refractivity contribution is 0.186. The van der Waals surface area contributed by atoms with E-state index in [1.54, 1.807) is 7.11 Å². The van der Waals surface area contributed by atoms with Gasteiger partial charge in [-0.2, -0.15) is 0 Å². The number of nitrogens with zero attached hydrogens (tertiary/aromatic N) is 2. The SMILES string of the molecule is COCc1cccc2c(Cl)ncnc12. The lowest BCUT2D eigenvalue weighted by Crippen LogP contribution is -1.92. The van der Waals surface area contributed by atoms with E-state index >= 15 is 0 Å². The summed E-state index contributed by atoms with van der Waals surface area (Å²) >= 11 is 5.94. The predicted molar refractivity (Wildman–Crippen MR) is 55.3 cm³/mol. The zero-order valence-corrected chi connectivity index (χ0v) is 8.45. The molecule has 1 heterocycles. The van der Waals surface area contributed by atoms with Crippen LogP contribution < -0.4 is 0 Å². The van der Waals surface area contributed by atoms with Gasteiger partial charge < -0.3 is 4.74 Å². The van der Waals surface area contributed by atoms with Crippen molar-refractivity contribution in [2.24, 2.45) is 0 Å². The maximum Gasteiger partial charge on any atom is 0.140 e. The van der Waals surface area contributed by atoms with Gasteiger partial charge in [0.25, 0.3) is 0 Å². The van der Waals surface area contributed by atoms with Gasteiger partial charge in [0.1, 0.15) is 11.5 Å². The van der Waals surface area contributed by atoms with Crippen molar-refractivity contribution >= 4 is 22.5 Å². The van der Waals surface area contributed by atoms with E-state index in [1.807, 2.05) is 18.2 Å². The molecule has 14 heavy (non-hydrogen) atoms. The van der Waals surface area contributed by atoms with Gasteiger partial charge in [0.15, 0.2) is 0 Å². The molecule has 72 valence electrons. The van der Waals surface area contributed by atoms with Gasteiger partial charge in [-0.15, -0.1) is 0 Å². The standard InChI is InChI=1S/C10H9ClN2O/c1-14-5-7-3-2-4-8-9(7)12-6-13-10(8)11/h2-4,6H,5H2,1H3. The molecule has 0 saturated heterocycles. The van der Waals surface area contributed by atoms with Crippen LogP contribution in [0.25, 0.3) is 10.9 Å². The van der Waals surface area contributed by atoms with Crippen LogP contribution >= 0.6 is 11.6 Å². The van der Waals surface area contributed by atoms with E-state index in [0.29, 0.717) is 11.8 Å². The highest BCUT2D eigenvalue weighted by Crippen LogP contribution is 2.22. The third-order valence-corrected chi connectivity index (χ3v) is 2.30. The number of para-hydroxylation sites is 1. The highest BCUT2D eigenvalue weighted by atomic mass is 35.5. The Bertz CT molecular complexity index is 459. The molecular formula is C10H9ClN2O. The molecule has 0 aliphatic heterocycles. The van der Waals surface area contributed by atoms with E-state index in [9.17, 15) is 0 Å². The van der Waals surface area contributed by atoms with E-state index in [4.69, 9.17) is 16.3 Å². The van der Waals surface area contributed by atoms with Crippen LogP contribution in [-0.2, 0) is 11.3 Å². The van der Waals surface area contributed by atoms with Crippen molar-refractivity contribution in [1.29, 1.82) is 0 Å². The number of halogens is 1. The lowest BCUT2D eigenvalue weighted by atomic mass is 10.1. The average molecular weight is 209 g/mol. The summed E-state index contributed by atoms with van der Waals surface area (Å²) in [6.07, 6.45) is 1.46. The molecule has 0 fully saturated rings. The molecule has 0 amide bonds. The van der Waals surface area contributed by atoms with Crippen LogP contribution in [0.5, 0.6) is 0 Å². The molecule has 0 radical (unpaired) electrons. The Morgan fingerprint density at radius 2 is 2.21 bits per heavy atom. The predicted octanol–water partition coefficient (Wildman–Crippen LogP) is 2.43. The summed E-state index contributed by atoms with van der Waals surface area (Å²) in [7, 11) is 1.65. The number of aromatic nitrogens is 2. The number of benzene rings is 1. The Morgan fingerprint density at radius 1 is 1.36 bits per heavy atom. The summed E-state index contributed by atoms with van der Waals surface area (Å²) in [5.74, 6) is 0. The van der Waals surface area contributed by atoms with Gasteiger partial charge in [-0.05, 0) is 6.07 Å². The lowest BCUT2D eigenvalue weighted by Gasteiger charge is -2.04. The number of ether oxygens (including phenoxy) is 1. The topological polar surface area (TPSA) is 35.0 Å². The second-order valence-corrected chi connectivity index (χ2v) is 3.27. The van der Waals surface area contributed by atoms with Crippen molar-refractivity contribution in [3.8, 4) is 0 Å². The second-order valence-electron chi connectivity index (χ2n) is 2.91. The Morgan fingerprint density at radius 3 is 3.00 bits per heavy atom. The quantitative estimate of drug-likeness (QED) is 0.711. The normalized spacial score (nSPS) is 10.7. The highest BCUT2D eigenvalue weighted by molar-refractivity contribution is 6.34. The fourth-order valence-electron chi connectivity index (χ4n) is 1.39. The molecule has 0 aliphatic carbocycles. The van der Waals surface area contributed by atoms with Gasteiger partial charge in [-0.3, -0.25) is 0 Å². The van der Waals surface area contributed by atoms with E-state index in [0.717, 1.165) is 16.5 Å². The summed E-state index contributed by atoms with van der Waals surface area (Å²) in [5, 5.41) is 1.34. The first kappa shape index (κ1) is 9.37. The molecule has 0 atom stereocenters. The number of fused-ring (bicyclic) bond motifs is 1. The van der Waals surface area contributed by atoms with Crippen LogP contribution in [-0.4, -0.2) is 17.1 Å². The van der Waals surface area contributed by atoms with Gasteiger partial charge in [0.05, 0.1) is 12.1 Å². The third kappa shape index (κ3) is 1.56. The molecule has 1 aromatic heterocycles. The number of hydrogen-bond donors (Lipinski definition) is 0. The minimum Gasteiger partial charge on any atom is -0.380 e. The first-order valence-corrected chi connectivity index (χ1v) is 4.58. The summed E-state index contributed by atoms with van der Waals surface area (Å²) in [4.78, 5) is 8.11. The summed E-state index contributed by atoms with van der Waals surface area (Å²) in [6.45, 7) is 0.532. The first-order chi connectivity index (χ1) is 6.83. The largest absolute Gasteiger partial charge is 0.380 e. The Hall–Kier alpha value is -1.19. The van der Waals surface area contributed by atoms with E-state index in [2.05, 4.69) is 9.97 Å². The summed E-state index contributed by atoms with van der Waals surface area (Å²) < 4.78 is 5.07. The fraction of sp³-hybridized carbons (Fsp3) is 0.200. The third-order valence-electron chi connectivity index (χ3n) is 2.00. The fourth-order valence-corrected chi connectivity index (χ4v) is 1.59. The van der Waals surface area contributed by atoms with E-state index in [-0.39, 0.29) is 0 Å². The van der Waals surface area contributed by atoms with Crippen LogP contribution in [0, 0.1) is 0 Å². The first-order valence-electron chi connectivity index (χ1n) is 4.20. The van der Waals surface area contributed by atoms with Gasteiger partial charge in [0.2, 0.25) is 0 Å².